The van der Waals surface area contributed by atoms with E-state index in [9.17, 15) is 0 Å². The summed E-state index contributed by atoms with van der Waals surface area (Å²) < 4.78 is 0. The lowest BCUT2D eigenvalue weighted by Gasteiger charge is -2.04. The minimum atomic E-state index is 0. The van der Waals surface area contributed by atoms with Crippen LogP contribution in [0.5, 0.6) is 0 Å². The van der Waals surface area contributed by atoms with Crippen molar-refractivity contribution in [3.63, 3.8) is 0 Å². The Labute approximate surface area is 79.5 Å². The maximum absolute atomic E-state index is 5.49. The Morgan fingerprint density at radius 2 is 1.20 bits per heavy atom. The summed E-state index contributed by atoms with van der Waals surface area (Å²) in [5, 5.41) is 3.07. The molecule has 1 aliphatic rings. The van der Waals surface area contributed by atoms with E-state index >= 15 is 0 Å². The molecule has 2 atom stereocenters. The molecule has 5 N–H and O–H groups in total. The summed E-state index contributed by atoms with van der Waals surface area (Å²) in [4.78, 5) is 0. The van der Waals surface area contributed by atoms with Crippen molar-refractivity contribution < 1.29 is 0 Å². The predicted octanol–water partition coefficient (Wildman–Crippen LogP) is -0.490. The van der Waals surface area contributed by atoms with Gasteiger partial charge in [-0.3, -0.25) is 0 Å². The average molecular weight is 211 g/mol. The molecule has 0 saturated carbocycles. The van der Waals surface area contributed by atoms with Gasteiger partial charge in [-0.1, -0.05) is 0 Å². The minimum Gasteiger partial charge on any atom is -0.325 e. The normalized spacial score (nSPS) is 29.4. The zero-order valence-corrected chi connectivity index (χ0v) is 7.90. The molecular weight excluding hydrogens is 196 g/mol. The van der Waals surface area contributed by atoms with Crippen molar-refractivity contribution in [2.24, 2.45) is 11.5 Å². The molecule has 0 spiro atoms. The summed E-state index contributed by atoms with van der Waals surface area (Å²) >= 11 is 0. The van der Waals surface area contributed by atoms with Crippen molar-refractivity contribution in [3.05, 3.63) is 0 Å². The highest BCUT2D eigenvalue weighted by atomic mass is 35.5. The number of hydrogen-bond donors (Lipinski definition) is 3. The third kappa shape index (κ3) is 4.55. The monoisotopic (exact) mass is 209 g/mol. The van der Waals surface area contributed by atoms with Crippen molar-refractivity contribution >= 4 is 37.2 Å². The third-order valence-electron chi connectivity index (χ3n) is 1.31. The van der Waals surface area contributed by atoms with Gasteiger partial charge in [-0.05, 0) is 0 Å². The van der Waals surface area contributed by atoms with Crippen molar-refractivity contribution in [1.82, 2.24) is 5.32 Å². The van der Waals surface area contributed by atoms with E-state index in [0.717, 1.165) is 13.1 Å². The smallest absolute Gasteiger partial charge is 0.0331 e. The lowest BCUT2D eigenvalue weighted by Crippen LogP contribution is -2.39. The molecule has 1 rings (SSSR count). The van der Waals surface area contributed by atoms with Crippen LogP contribution in [0.4, 0.5) is 0 Å². The highest BCUT2D eigenvalue weighted by Crippen LogP contribution is 1.90. The zero-order valence-electron chi connectivity index (χ0n) is 5.45. The average Bonchev–Trinajstić information content (AvgIpc) is 1.91. The fourth-order valence-electron chi connectivity index (χ4n) is 0.719. The quantitative estimate of drug-likeness (QED) is 0.506. The highest BCUT2D eigenvalue weighted by molar-refractivity contribution is 5.86. The first-order valence-corrected chi connectivity index (χ1v) is 2.52. The Morgan fingerprint density at radius 1 is 0.900 bits per heavy atom. The molecule has 0 aliphatic carbocycles. The molecule has 3 nitrogen and oxygen atoms in total. The highest BCUT2D eigenvalue weighted by Gasteiger charge is 2.17. The van der Waals surface area contributed by atoms with E-state index in [-0.39, 0.29) is 49.3 Å². The molecule has 0 unspecified atom stereocenters. The Morgan fingerprint density at radius 3 is 1.30 bits per heavy atom. The van der Waals surface area contributed by atoms with Gasteiger partial charge in [-0.2, -0.15) is 0 Å². The van der Waals surface area contributed by atoms with Gasteiger partial charge < -0.3 is 16.8 Å². The summed E-state index contributed by atoms with van der Waals surface area (Å²) in [7, 11) is 0. The molecule has 0 aromatic carbocycles. The van der Waals surface area contributed by atoms with E-state index < -0.39 is 0 Å². The molecule has 0 amide bonds. The van der Waals surface area contributed by atoms with E-state index in [1.165, 1.54) is 0 Å². The zero-order chi connectivity index (χ0) is 5.28. The molecule has 1 heterocycles. The van der Waals surface area contributed by atoms with Crippen LogP contribution < -0.4 is 16.8 Å². The Bertz CT molecular complexity index is 64.8. The maximum atomic E-state index is 5.49. The van der Waals surface area contributed by atoms with Crippen molar-refractivity contribution in [2.75, 3.05) is 13.1 Å². The summed E-state index contributed by atoms with van der Waals surface area (Å²) in [5.41, 5.74) is 11.0. The van der Waals surface area contributed by atoms with E-state index in [0.29, 0.717) is 0 Å². The fraction of sp³-hybridized carbons (Fsp3) is 1.00. The number of nitrogens with one attached hydrogen (secondary N) is 1. The van der Waals surface area contributed by atoms with Gasteiger partial charge in [0.25, 0.3) is 0 Å². The molecule has 1 aliphatic heterocycles. The van der Waals surface area contributed by atoms with E-state index in [1.807, 2.05) is 0 Å². The molecule has 66 valence electrons. The third-order valence-corrected chi connectivity index (χ3v) is 1.31. The number of nitrogens with two attached hydrogens (primary N) is 2. The standard InChI is InChI=1S/C4H11N3.3ClH/c5-3-1-7-2-4(3)6;;;/h3-4,7H,1-2,5-6H2;3*1H/t3-,4+;;;. The molecule has 6 heteroatoms. The minimum absolute atomic E-state index is 0. The second kappa shape index (κ2) is 7.85. The lowest BCUT2D eigenvalue weighted by atomic mass is 10.2. The Balaban J connectivity index is -0.000000163. The van der Waals surface area contributed by atoms with E-state index in [2.05, 4.69) is 5.32 Å². The first kappa shape index (κ1) is 17.0. The van der Waals surface area contributed by atoms with Crippen LogP contribution in [0, 0.1) is 0 Å². The first-order chi connectivity index (χ1) is 3.30. The summed E-state index contributed by atoms with van der Waals surface area (Å²) in [5.74, 6) is 0. The molecule has 10 heavy (non-hydrogen) atoms. The van der Waals surface area contributed by atoms with Crippen molar-refractivity contribution in [2.45, 2.75) is 12.1 Å². The van der Waals surface area contributed by atoms with Crippen molar-refractivity contribution in [3.8, 4) is 0 Å². The van der Waals surface area contributed by atoms with Crippen LogP contribution in [0.2, 0.25) is 0 Å². The molecule has 0 aromatic rings. The number of halogens is 3. The van der Waals surface area contributed by atoms with Crippen LogP contribution in [-0.4, -0.2) is 25.2 Å². The molecule has 0 aromatic heterocycles. The topological polar surface area (TPSA) is 64.1 Å². The SMILES string of the molecule is Cl.Cl.Cl.N[C@@H]1CNC[C@@H]1N. The van der Waals surface area contributed by atoms with E-state index in [4.69, 9.17) is 11.5 Å². The Hall–Kier alpha value is 0.750. The lowest BCUT2D eigenvalue weighted by molar-refractivity contribution is 0.642. The van der Waals surface area contributed by atoms with Gasteiger partial charge in [0.2, 0.25) is 0 Å². The van der Waals surface area contributed by atoms with Gasteiger partial charge in [-0.25, -0.2) is 0 Å². The van der Waals surface area contributed by atoms with Crippen LogP contribution in [0.15, 0.2) is 0 Å². The summed E-state index contributed by atoms with van der Waals surface area (Å²) in [6.45, 7) is 1.75. The Kier molecular flexibility index (Phi) is 13.4. The van der Waals surface area contributed by atoms with Crippen LogP contribution >= 0.6 is 37.2 Å². The van der Waals surface area contributed by atoms with Crippen LogP contribution in [0.1, 0.15) is 0 Å². The first-order valence-electron chi connectivity index (χ1n) is 2.52. The van der Waals surface area contributed by atoms with Crippen LogP contribution in [-0.2, 0) is 0 Å². The maximum Gasteiger partial charge on any atom is 0.0331 e. The van der Waals surface area contributed by atoms with E-state index in [1.54, 1.807) is 0 Å². The van der Waals surface area contributed by atoms with Crippen molar-refractivity contribution in [1.29, 1.82) is 0 Å². The summed E-state index contributed by atoms with van der Waals surface area (Å²) in [6, 6.07) is 0.361. The second-order valence-corrected chi connectivity index (χ2v) is 1.99. The van der Waals surface area contributed by atoms with Gasteiger partial charge >= 0.3 is 0 Å². The van der Waals surface area contributed by atoms with Crippen LogP contribution in [0.25, 0.3) is 0 Å². The van der Waals surface area contributed by atoms with Crippen LogP contribution in [0.3, 0.4) is 0 Å². The molecule has 1 fully saturated rings. The molecule has 0 bridgehead atoms. The van der Waals surface area contributed by atoms with Gasteiger partial charge in [0.1, 0.15) is 0 Å². The second-order valence-electron chi connectivity index (χ2n) is 1.99. The fourth-order valence-corrected chi connectivity index (χ4v) is 0.719. The molecule has 0 radical (unpaired) electrons. The summed E-state index contributed by atoms with van der Waals surface area (Å²) in [6.07, 6.45) is 0. The van der Waals surface area contributed by atoms with Gasteiger partial charge in [-0.15, -0.1) is 37.2 Å². The molecule has 1 saturated heterocycles. The van der Waals surface area contributed by atoms with Gasteiger partial charge in [0, 0.05) is 25.2 Å². The predicted molar refractivity (Wildman–Crippen MR) is 50.6 cm³/mol. The van der Waals surface area contributed by atoms with Gasteiger partial charge in [0.15, 0.2) is 0 Å². The number of rotatable bonds is 0. The number of hydrogen-bond acceptors (Lipinski definition) is 3. The molecular formula is C4H14Cl3N3. The van der Waals surface area contributed by atoms with Gasteiger partial charge in [0.05, 0.1) is 0 Å². The largest absolute Gasteiger partial charge is 0.325 e.